The molecule has 2 nitrogen and oxygen atoms in total. The highest BCUT2D eigenvalue weighted by atomic mass is 16.3. The molecule has 0 aromatic rings. The molecule has 2 heteroatoms. The van der Waals surface area contributed by atoms with Crippen molar-refractivity contribution in [2.45, 2.75) is 26.9 Å². The standard InChI is InChI=1S/C6H11NO/c1-5(8)6(2,3)4-7/h5,8H,1-3H3/t5-/m1/s1. The predicted octanol–water partition coefficient (Wildman–Crippen LogP) is 0.917. The van der Waals surface area contributed by atoms with Gasteiger partial charge in [0.15, 0.2) is 0 Å². The smallest absolute Gasteiger partial charge is 0.0773 e. The van der Waals surface area contributed by atoms with E-state index in [2.05, 4.69) is 0 Å². The molecule has 0 unspecified atom stereocenters. The highest BCUT2D eigenvalue weighted by Gasteiger charge is 2.22. The van der Waals surface area contributed by atoms with Gasteiger partial charge in [0.1, 0.15) is 0 Å². The highest BCUT2D eigenvalue weighted by molar-refractivity contribution is 4.95. The molecule has 0 aromatic heterocycles. The van der Waals surface area contributed by atoms with Gasteiger partial charge in [-0.1, -0.05) is 0 Å². The summed E-state index contributed by atoms with van der Waals surface area (Å²) in [4.78, 5) is 0. The van der Waals surface area contributed by atoms with E-state index in [0.29, 0.717) is 0 Å². The van der Waals surface area contributed by atoms with Gasteiger partial charge in [0, 0.05) is 0 Å². The molecule has 46 valence electrons. The van der Waals surface area contributed by atoms with Gasteiger partial charge in [-0.25, -0.2) is 0 Å². The molecular formula is C6H11NO. The van der Waals surface area contributed by atoms with E-state index in [-0.39, 0.29) is 0 Å². The Labute approximate surface area is 49.8 Å². The van der Waals surface area contributed by atoms with Gasteiger partial charge in [0.2, 0.25) is 0 Å². The third-order valence-corrected chi connectivity index (χ3v) is 1.33. The van der Waals surface area contributed by atoms with Crippen molar-refractivity contribution < 1.29 is 5.11 Å². The number of hydrogen-bond donors (Lipinski definition) is 1. The summed E-state index contributed by atoms with van der Waals surface area (Å²) >= 11 is 0. The second-order valence-electron chi connectivity index (χ2n) is 2.51. The molecule has 0 aromatic carbocycles. The summed E-state index contributed by atoms with van der Waals surface area (Å²) in [5.41, 5.74) is -0.597. The summed E-state index contributed by atoms with van der Waals surface area (Å²) in [6.07, 6.45) is -0.549. The van der Waals surface area contributed by atoms with Crippen molar-refractivity contribution >= 4 is 0 Å². The predicted molar refractivity (Wildman–Crippen MR) is 31.1 cm³/mol. The zero-order valence-corrected chi connectivity index (χ0v) is 5.47. The van der Waals surface area contributed by atoms with E-state index in [4.69, 9.17) is 10.4 Å². The normalized spacial score (nSPS) is 14.9. The van der Waals surface area contributed by atoms with Crippen LogP contribution >= 0.6 is 0 Å². The average Bonchev–Trinajstić information content (AvgIpc) is 1.67. The summed E-state index contributed by atoms with van der Waals surface area (Å²) in [5, 5.41) is 17.2. The Morgan fingerprint density at radius 2 is 2.00 bits per heavy atom. The molecule has 0 amide bonds. The lowest BCUT2D eigenvalue weighted by atomic mass is 9.90. The van der Waals surface area contributed by atoms with E-state index in [1.54, 1.807) is 20.8 Å². The lowest BCUT2D eigenvalue weighted by molar-refractivity contribution is 0.104. The first-order valence-corrected chi connectivity index (χ1v) is 2.60. The Kier molecular flexibility index (Phi) is 2.00. The van der Waals surface area contributed by atoms with Crippen LogP contribution in [-0.4, -0.2) is 11.2 Å². The van der Waals surface area contributed by atoms with Gasteiger partial charge in [0.05, 0.1) is 17.6 Å². The van der Waals surface area contributed by atoms with Gasteiger partial charge in [-0.05, 0) is 20.8 Å². The summed E-state index contributed by atoms with van der Waals surface area (Å²) in [6.45, 7) is 5.03. The van der Waals surface area contributed by atoms with Crippen molar-refractivity contribution in [3.8, 4) is 6.07 Å². The molecule has 0 fully saturated rings. The maximum atomic E-state index is 8.86. The molecule has 0 saturated carbocycles. The van der Waals surface area contributed by atoms with E-state index in [0.717, 1.165) is 0 Å². The maximum absolute atomic E-state index is 8.86. The Morgan fingerprint density at radius 1 is 1.62 bits per heavy atom. The molecular weight excluding hydrogens is 102 g/mol. The number of nitrogens with zero attached hydrogens (tertiary/aromatic N) is 1. The molecule has 0 rings (SSSR count). The van der Waals surface area contributed by atoms with E-state index < -0.39 is 11.5 Å². The van der Waals surface area contributed by atoms with Crippen molar-refractivity contribution in [2.24, 2.45) is 5.41 Å². The summed E-state index contributed by atoms with van der Waals surface area (Å²) in [5.74, 6) is 0. The molecule has 1 N–H and O–H groups in total. The van der Waals surface area contributed by atoms with E-state index in [1.807, 2.05) is 6.07 Å². The van der Waals surface area contributed by atoms with Crippen LogP contribution in [0, 0.1) is 16.7 Å². The number of hydrogen-bond acceptors (Lipinski definition) is 2. The first-order chi connectivity index (χ1) is 3.50. The maximum Gasteiger partial charge on any atom is 0.0773 e. The number of rotatable bonds is 1. The van der Waals surface area contributed by atoms with Crippen LogP contribution in [0.4, 0.5) is 0 Å². The minimum atomic E-state index is -0.597. The van der Waals surface area contributed by atoms with Crippen molar-refractivity contribution in [3.63, 3.8) is 0 Å². The molecule has 1 atom stereocenters. The summed E-state index contributed by atoms with van der Waals surface area (Å²) < 4.78 is 0. The fourth-order valence-electron chi connectivity index (χ4n) is 0.0934. The molecule has 0 aliphatic heterocycles. The molecule has 0 saturated heterocycles. The van der Waals surface area contributed by atoms with Crippen molar-refractivity contribution in [1.29, 1.82) is 5.26 Å². The third kappa shape index (κ3) is 1.51. The Hall–Kier alpha value is -0.550. The Morgan fingerprint density at radius 3 is 2.00 bits per heavy atom. The molecule has 0 spiro atoms. The van der Waals surface area contributed by atoms with Gasteiger partial charge in [-0.2, -0.15) is 5.26 Å². The fourth-order valence-corrected chi connectivity index (χ4v) is 0.0934. The summed E-state index contributed by atoms with van der Waals surface area (Å²) in [6, 6.07) is 1.99. The number of aliphatic hydroxyl groups is 1. The van der Waals surface area contributed by atoms with Crippen LogP contribution in [0.5, 0.6) is 0 Å². The van der Waals surface area contributed by atoms with Gasteiger partial charge in [-0.15, -0.1) is 0 Å². The molecule has 0 aliphatic rings. The molecule has 0 aliphatic carbocycles. The average molecular weight is 113 g/mol. The van der Waals surface area contributed by atoms with E-state index >= 15 is 0 Å². The molecule has 0 heterocycles. The topological polar surface area (TPSA) is 44.0 Å². The van der Waals surface area contributed by atoms with Crippen LogP contribution in [-0.2, 0) is 0 Å². The van der Waals surface area contributed by atoms with Crippen LogP contribution in [0.1, 0.15) is 20.8 Å². The van der Waals surface area contributed by atoms with Crippen LogP contribution in [0.3, 0.4) is 0 Å². The van der Waals surface area contributed by atoms with Gasteiger partial charge in [0.25, 0.3) is 0 Å². The first-order valence-electron chi connectivity index (χ1n) is 2.60. The van der Waals surface area contributed by atoms with Crippen LogP contribution in [0.15, 0.2) is 0 Å². The molecule has 0 bridgehead atoms. The summed E-state index contributed by atoms with van der Waals surface area (Å²) in [7, 11) is 0. The molecule has 8 heavy (non-hydrogen) atoms. The van der Waals surface area contributed by atoms with Crippen molar-refractivity contribution in [2.75, 3.05) is 0 Å². The third-order valence-electron chi connectivity index (χ3n) is 1.33. The second kappa shape index (κ2) is 2.15. The SMILES string of the molecule is C[C@@H](O)C(C)(C)C#N. The van der Waals surface area contributed by atoms with E-state index in [9.17, 15) is 0 Å². The lowest BCUT2D eigenvalue weighted by Crippen LogP contribution is -2.23. The number of aliphatic hydroxyl groups excluding tert-OH is 1. The molecule has 0 radical (unpaired) electrons. The highest BCUT2D eigenvalue weighted by Crippen LogP contribution is 2.17. The number of nitriles is 1. The largest absolute Gasteiger partial charge is 0.392 e. The fraction of sp³-hybridized carbons (Fsp3) is 0.833. The monoisotopic (exact) mass is 113 g/mol. The van der Waals surface area contributed by atoms with Gasteiger partial charge in [-0.3, -0.25) is 0 Å². The lowest BCUT2D eigenvalue weighted by Gasteiger charge is -2.17. The van der Waals surface area contributed by atoms with Crippen LogP contribution in [0.2, 0.25) is 0 Å². The quantitative estimate of drug-likeness (QED) is 0.549. The van der Waals surface area contributed by atoms with Gasteiger partial charge < -0.3 is 5.11 Å². The van der Waals surface area contributed by atoms with Gasteiger partial charge >= 0.3 is 0 Å². The van der Waals surface area contributed by atoms with Crippen molar-refractivity contribution in [1.82, 2.24) is 0 Å². The first kappa shape index (κ1) is 7.45. The zero-order valence-electron chi connectivity index (χ0n) is 5.47. The van der Waals surface area contributed by atoms with E-state index in [1.165, 1.54) is 0 Å². The van der Waals surface area contributed by atoms with Crippen molar-refractivity contribution in [3.05, 3.63) is 0 Å². The van der Waals surface area contributed by atoms with Crippen LogP contribution in [0.25, 0.3) is 0 Å². The Balaban J connectivity index is 3.97. The minimum Gasteiger partial charge on any atom is -0.392 e. The van der Waals surface area contributed by atoms with Crippen LogP contribution < -0.4 is 0 Å². The Bertz CT molecular complexity index is 110. The minimum absolute atomic E-state index is 0.549. The second-order valence-corrected chi connectivity index (χ2v) is 2.51. The zero-order chi connectivity index (χ0) is 6.78.